The molecule has 1 fully saturated rings. The van der Waals surface area contributed by atoms with Gasteiger partial charge in [0.05, 0.1) is 18.8 Å². The second-order valence-electron chi connectivity index (χ2n) is 6.98. The van der Waals surface area contributed by atoms with Crippen LogP contribution < -0.4 is 10.6 Å². The van der Waals surface area contributed by atoms with Gasteiger partial charge >= 0.3 is 0 Å². The molecule has 0 saturated carbocycles. The number of guanidine groups is 1. The van der Waals surface area contributed by atoms with Crippen LogP contribution in [0.5, 0.6) is 0 Å². The molecule has 1 aromatic carbocycles. The van der Waals surface area contributed by atoms with E-state index in [4.69, 9.17) is 9.73 Å². The van der Waals surface area contributed by atoms with E-state index in [2.05, 4.69) is 67.5 Å². The second-order valence-corrected chi connectivity index (χ2v) is 6.98. The quantitative estimate of drug-likeness (QED) is 0.276. The van der Waals surface area contributed by atoms with Gasteiger partial charge < -0.3 is 15.4 Å². The van der Waals surface area contributed by atoms with Crippen molar-refractivity contribution in [1.82, 2.24) is 15.5 Å². The van der Waals surface area contributed by atoms with Crippen LogP contribution >= 0.6 is 24.0 Å². The van der Waals surface area contributed by atoms with E-state index in [9.17, 15) is 0 Å². The van der Waals surface area contributed by atoms with Crippen LogP contribution in [-0.2, 0) is 11.3 Å². The van der Waals surface area contributed by atoms with Gasteiger partial charge in [-0.3, -0.25) is 4.90 Å². The van der Waals surface area contributed by atoms with E-state index < -0.39 is 0 Å². The van der Waals surface area contributed by atoms with E-state index in [0.717, 1.165) is 45.1 Å². The molecule has 26 heavy (non-hydrogen) atoms. The normalized spacial score (nSPS) is 21.2. The number of nitrogens with zero attached hydrogens (tertiary/aromatic N) is 2. The Bertz CT molecular complexity index is 542. The van der Waals surface area contributed by atoms with E-state index in [1.54, 1.807) is 0 Å². The summed E-state index contributed by atoms with van der Waals surface area (Å²) < 4.78 is 5.79. The first-order valence-electron chi connectivity index (χ1n) is 9.52. The van der Waals surface area contributed by atoms with Gasteiger partial charge in [0.25, 0.3) is 0 Å². The topological polar surface area (TPSA) is 48.9 Å². The lowest BCUT2D eigenvalue weighted by molar-refractivity contribution is -0.0679. The third-order valence-corrected chi connectivity index (χ3v) is 4.29. The zero-order valence-corrected chi connectivity index (χ0v) is 19.0. The number of aryl methyl sites for hydroxylation is 1. The van der Waals surface area contributed by atoms with Crippen molar-refractivity contribution in [3.05, 3.63) is 35.4 Å². The van der Waals surface area contributed by atoms with Gasteiger partial charge in [-0.2, -0.15) is 0 Å². The van der Waals surface area contributed by atoms with Gasteiger partial charge in [-0.25, -0.2) is 4.99 Å². The minimum Gasteiger partial charge on any atom is -0.373 e. The molecule has 1 aliphatic rings. The van der Waals surface area contributed by atoms with Crippen LogP contribution in [0.1, 0.15) is 38.3 Å². The van der Waals surface area contributed by atoms with Crippen molar-refractivity contribution in [2.24, 2.45) is 4.99 Å². The highest BCUT2D eigenvalue weighted by Gasteiger charge is 2.21. The molecule has 1 aromatic rings. The molecule has 1 heterocycles. The summed E-state index contributed by atoms with van der Waals surface area (Å²) in [6.45, 7) is 14.2. The molecule has 0 spiro atoms. The predicted molar refractivity (Wildman–Crippen MR) is 120 cm³/mol. The van der Waals surface area contributed by atoms with Crippen molar-refractivity contribution in [2.75, 3.05) is 32.7 Å². The Labute approximate surface area is 176 Å². The maximum atomic E-state index is 5.79. The van der Waals surface area contributed by atoms with E-state index >= 15 is 0 Å². The van der Waals surface area contributed by atoms with Crippen molar-refractivity contribution in [1.29, 1.82) is 0 Å². The minimum absolute atomic E-state index is 0. The summed E-state index contributed by atoms with van der Waals surface area (Å²) in [6.07, 6.45) is 1.78. The molecule has 1 saturated heterocycles. The standard InChI is InChI=1S/C20H34N4O.HI/c1-5-21-20(23-13-19-9-6-8-16(2)12-19)22-10-7-11-24-14-17(3)25-18(4)15-24;/h6,8-9,12,17-18H,5,7,10-11,13-15H2,1-4H3,(H2,21,22,23);1H. The summed E-state index contributed by atoms with van der Waals surface area (Å²) >= 11 is 0. The second kappa shape index (κ2) is 12.5. The Morgan fingerprint density at radius 2 is 1.96 bits per heavy atom. The van der Waals surface area contributed by atoms with Crippen LogP contribution in [0.15, 0.2) is 29.3 Å². The number of hydrogen-bond acceptors (Lipinski definition) is 3. The molecule has 2 rings (SSSR count). The Morgan fingerprint density at radius 1 is 1.23 bits per heavy atom. The highest BCUT2D eigenvalue weighted by molar-refractivity contribution is 14.0. The first kappa shape index (κ1) is 23.2. The maximum Gasteiger partial charge on any atom is 0.191 e. The Balaban J connectivity index is 0.00000338. The van der Waals surface area contributed by atoms with Crippen LogP contribution in [0.25, 0.3) is 0 Å². The third-order valence-electron chi connectivity index (χ3n) is 4.29. The summed E-state index contributed by atoms with van der Waals surface area (Å²) in [4.78, 5) is 7.19. The van der Waals surface area contributed by atoms with Gasteiger partial charge in [0.2, 0.25) is 0 Å². The van der Waals surface area contributed by atoms with Crippen molar-refractivity contribution in [3.8, 4) is 0 Å². The van der Waals surface area contributed by atoms with E-state index in [0.29, 0.717) is 18.8 Å². The molecule has 6 heteroatoms. The lowest BCUT2D eigenvalue weighted by Crippen LogP contribution is -2.46. The number of halogens is 1. The van der Waals surface area contributed by atoms with E-state index in [-0.39, 0.29) is 24.0 Å². The fraction of sp³-hybridized carbons (Fsp3) is 0.650. The molecule has 1 aliphatic heterocycles. The smallest absolute Gasteiger partial charge is 0.191 e. The molecule has 2 atom stereocenters. The summed E-state index contributed by atoms with van der Waals surface area (Å²) in [5.41, 5.74) is 2.52. The molecule has 0 bridgehead atoms. The number of nitrogens with one attached hydrogen (secondary N) is 2. The fourth-order valence-corrected chi connectivity index (χ4v) is 3.30. The van der Waals surface area contributed by atoms with Crippen molar-refractivity contribution >= 4 is 29.9 Å². The lowest BCUT2D eigenvalue weighted by atomic mass is 10.1. The first-order chi connectivity index (χ1) is 12.1. The monoisotopic (exact) mass is 474 g/mol. The highest BCUT2D eigenvalue weighted by Crippen LogP contribution is 2.10. The van der Waals surface area contributed by atoms with Crippen molar-refractivity contribution < 1.29 is 4.74 Å². The SMILES string of the molecule is CCNC(=NCc1cccc(C)c1)NCCCN1CC(C)OC(C)C1.I. The van der Waals surface area contributed by atoms with Crippen molar-refractivity contribution in [2.45, 2.75) is 52.9 Å². The molecule has 0 aliphatic carbocycles. The van der Waals surface area contributed by atoms with Gasteiger partial charge in [-0.15, -0.1) is 24.0 Å². The summed E-state index contributed by atoms with van der Waals surface area (Å²) in [7, 11) is 0. The predicted octanol–water partition coefficient (Wildman–Crippen LogP) is 3.17. The number of rotatable bonds is 7. The number of benzene rings is 1. The minimum atomic E-state index is 0. The van der Waals surface area contributed by atoms with Crippen LogP contribution in [0.4, 0.5) is 0 Å². The average Bonchev–Trinajstić information content (AvgIpc) is 2.55. The third kappa shape index (κ3) is 8.68. The van der Waals surface area contributed by atoms with Crippen LogP contribution in [0.2, 0.25) is 0 Å². The summed E-state index contributed by atoms with van der Waals surface area (Å²) in [5, 5.41) is 6.77. The van der Waals surface area contributed by atoms with Gasteiger partial charge in [-0.05, 0) is 39.7 Å². The summed E-state index contributed by atoms with van der Waals surface area (Å²) in [5.74, 6) is 0.896. The molecule has 148 valence electrons. The van der Waals surface area contributed by atoms with Gasteiger partial charge in [-0.1, -0.05) is 29.8 Å². The van der Waals surface area contributed by atoms with E-state index in [1.807, 2.05) is 0 Å². The average molecular weight is 474 g/mol. The zero-order chi connectivity index (χ0) is 18.1. The lowest BCUT2D eigenvalue weighted by Gasteiger charge is -2.35. The maximum absolute atomic E-state index is 5.79. The van der Waals surface area contributed by atoms with Gasteiger partial charge in [0.15, 0.2) is 5.96 Å². The summed E-state index contributed by atoms with van der Waals surface area (Å²) in [6, 6.07) is 8.52. The number of hydrogen-bond donors (Lipinski definition) is 2. The van der Waals surface area contributed by atoms with E-state index in [1.165, 1.54) is 11.1 Å². The largest absolute Gasteiger partial charge is 0.373 e. The molecular weight excluding hydrogens is 439 g/mol. The van der Waals surface area contributed by atoms with Crippen molar-refractivity contribution in [3.63, 3.8) is 0 Å². The molecule has 0 radical (unpaired) electrons. The molecule has 2 unspecified atom stereocenters. The highest BCUT2D eigenvalue weighted by atomic mass is 127. The first-order valence-corrected chi connectivity index (χ1v) is 9.52. The molecule has 5 nitrogen and oxygen atoms in total. The van der Waals surface area contributed by atoms with Crippen LogP contribution in [0.3, 0.4) is 0 Å². The number of aliphatic imine (C=N–C) groups is 1. The molecule has 0 aromatic heterocycles. The molecule has 0 amide bonds. The fourth-order valence-electron chi connectivity index (χ4n) is 3.30. The molecular formula is C20H35IN4O. The van der Waals surface area contributed by atoms with Gasteiger partial charge in [0.1, 0.15) is 0 Å². The zero-order valence-electron chi connectivity index (χ0n) is 16.6. The van der Waals surface area contributed by atoms with Crippen LogP contribution in [0, 0.1) is 6.92 Å². The van der Waals surface area contributed by atoms with Crippen LogP contribution in [-0.4, -0.2) is 55.8 Å². The Hall–Kier alpha value is -0.860. The number of ether oxygens (including phenoxy) is 1. The Morgan fingerprint density at radius 3 is 2.62 bits per heavy atom. The molecule has 2 N–H and O–H groups in total. The Kier molecular flexibility index (Phi) is 11.2. The van der Waals surface area contributed by atoms with Gasteiger partial charge in [0, 0.05) is 32.7 Å². The number of morpholine rings is 1.